The lowest BCUT2D eigenvalue weighted by Crippen LogP contribution is -2.13. The van der Waals surface area contributed by atoms with Crippen molar-refractivity contribution >= 4 is 11.9 Å². The minimum absolute atomic E-state index is 0.0752. The molecule has 1 saturated carbocycles. The second kappa shape index (κ2) is 4.21. The molecule has 1 N–H and O–H groups in total. The lowest BCUT2D eigenvalue weighted by molar-refractivity contribution is -0.117. The maximum atomic E-state index is 12.8. The van der Waals surface area contributed by atoms with Crippen molar-refractivity contribution in [3.63, 3.8) is 0 Å². The first-order valence-corrected chi connectivity index (χ1v) is 5.63. The van der Waals surface area contributed by atoms with Gasteiger partial charge in [-0.05, 0) is 37.1 Å². The monoisotopic (exact) mass is 247 g/mol. The summed E-state index contributed by atoms with van der Waals surface area (Å²) in [7, 11) is 0. The molecule has 92 valence electrons. The fourth-order valence-corrected chi connectivity index (χ4v) is 1.54. The summed E-state index contributed by atoms with van der Waals surface area (Å²) in [5.41, 5.74) is 0.607. The molecule has 5 nitrogen and oxygen atoms in total. The Kier molecular flexibility index (Phi) is 2.55. The number of hydrogen-bond donors (Lipinski definition) is 1. The molecule has 0 saturated heterocycles. The smallest absolute Gasteiger partial charge is 0.322 e. The zero-order valence-corrected chi connectivity index (χ0v) is 9.39. The lowest BCUT2D eigenvalue weighted by atomic mass is 10.2. The molecule has 18 heavy (non-hydrogen) atoms. The predicted octanol–water partition coefficient (Wildman–Crippen LogP) is 2.22. The standard InChI is InChI=1S/C12H10FN3O2/c13-9-5-3-8(4-6-9)11-15-16-12(18-11)14-10(17)7-1-2-7/h3-7H,1-2H2,(H,14,16,17). The zero-order valence-electron chi connectivity index (χ0n) is 9.39. The number of carbonyl (C=O) groups is 1. The molecule has 1 heterocycles. The number of rotatable bonds is 3. The number of benzene rings is 1. The summed E-state index contributed by atoms with van der Waals surface area (Å²) in [5.74, 6) is -0.0999. The van der Waals surface area contributed by atoms with Crippen LogP contribution in [-0.4, -0.2) is 16.1 Å². The number of nitrogens with zero attached hydrogens (tertiary/aromatic N) is 2. The van der Waals surface area contributed by atoms with Crippen LogP contribution >= 0.6 is 0 Å². The lowest BCUT2D eigenvalue weighted by Gasteiger charge is -1.96. The van der Waals surface area contributed by atoms with Crippen molar-refractivity contribution in [3.05, 3.63) is 30.1 Å². The number of hydrogen-bond acceptors (Lipinski definition) is 4. The van der Waals surface area contributed by atoms with Gasteiger partial charge in [0.15, 0.2) is 0 Å². The third-order valence-corrected chi connectivity index (χ3v) is 2.69. The van der Waals surface area contributed by atoms with Gasteiger partial charge < -0.3 is 4.42 Å². The quantitative estimate of drug-likeness (QED) is 0.903. The highest BCUT2D eigenvalue weighted by Gasteiger charge is 2.30. The summed E-state index contributed by atoms with van der Waals surface area (Å²) < 4.78 is 18.0. The van der Waals surface area contributed by atoms with Gasteiger partial charge in [-0.15, -0.1) is 5.10 Å². The Balaban J connectivity index is 1.76. The van der Waals surface area contributed by atoms with Crippen molar-refractivity contribution in [2.45, 2.75) is 12.8 Å². The Morgan fingerprint density at radius 2 is 2.00 bits per heavy atom. The van der Waals surface area contributed by atoms with Crippen LogP contribution in [-0.2, 0) is 4.79 Å². The number of aromatic nitrogens is 2. The summed E-state index contributed by atoms with van der Waals surface area (Å²) in [6.07, 6.45) is 1.82. The van der Waals surface area contributed by atoms with E-state index >= 15 is 0 Å². The fourth-order valence-electron chi connectivity index (χ4n) is 1.54. The second-order valence-electron chi connectivity index (χ2n) is 4.18. The van der Waals surface area contributed by atoms with Crippen LogP contribution in [0.5, 0.6) is 0 Å². The van der Waals surface area contributed by atoms with E-state index in [1.165, 1.54) is 24.3 Å². The average molecular weight is 247 g/mol. The normalized spacial score (nSPS) is 14.5. The first-order valence-electron chi connectivity index (χ1n) is 5.63. The van der Waals surface area contributed by atoms with Crippen LogP contribution in [0.2, 0.25) is 0 Å². The van der Waals surface area contributed by atoms with E-state index in [9.17, 15) is 9.18 Å². The van der Waals surface area contributed by atoms with Crippen molar-refractivity contribution in [2.75, 3.05) is 5.32 Å². The van der Waals surface area contributed by atoms with E-state index in [4.69, 9.17) is 4.42 Å². The number of anilines is 1. The van der Waals surface area contributed by atoms with Gasteiger partial charge in [-0.2, -0.15) is 0 Å². The van der Waals surface area contributed by atoms with Crippen LogP contribution in [0, 0.1) is 11.7 Å². The van der Waals surface area contributed by atoms with E-state index in [2.05, 4.69) is 15.5 Å². The summed E-state index contributed by atoms with van der Waals surface area (Å²) in [6.45, 7) is 0. The first-order chi connectivity index (χ1) is 8.72. The predicted molar refractivity (Wildman–Crippen MR) is 61.0 cm³/mol. The van der Waals surface area contributed by atoms with Gasteiger partial charge >= 0.3 is 6.01 Å². The third-order valence-electron chi connectivity index (χ3n) is 2.69. The molecule has 1 amide bonds. The molecule has 0 radical (unpaired) electrons. The molecule has 0 unspecified atom stereocenters. The molecular weight excluding hydrogens is 237 g/mol. The molecule has 1 aliphatic carbocycles. The first kappa shape index (κ1) is 10.9. The van der Waals surface area contributed by atoms with Crippen molar-refractivity contribution in [1.29, 1.82) is 0 Å². The topological polar surface area (TPSA) is 68.0 Å². The summed E-state index contributed by atoms with van der Waals surface area (Å²) in [4.78, 5) is 11.5. The van der Waals surface area contributed by atoms with Gasteiger partial charge in [0.25, 0.3) is 0 Å². The van der Waals surface area contributed by atoms with Gasteiger partial charge in [-0.1, -0.05) is 5.10 Å². The van der Waals surface area contributed by atoms with Gasteiger partial charge in [0, 0.05) is 11.5 Å². The van der Waals surface area contributed by atoms with Crippen LogP contribution in [0.4, 0.5) is 10.4 Å². The number of amides is 1. The van der Waals surface area contributed by atoms with Crippen LogP contribution in [0.1, 0.15) is 12.8 Å². The molecule has 6 heteroatoms. The molecule has 1 aromatic carbocycles. The van der Waals surface area contributed by atoms with Crippen molar-refractivity contribution in [2.24, 2.45) is 5.92 Å². The van der Waals surface area contributed by atoms with Crippen LogP contribution in [0.3, 0.4) is 0 Å². The maximum absolute atomic E-state index is 12.8. The molecule has 1 aromatic heterocycles. The summed E-state index contributed by atoms with van der Waals surface area (Å²) >= 11 is 0. The molecule has 0 bridgehead atoms. The molecule has 0 spiro atoms. The Bertz CT molecular complexity index is 575. The third kappa shape index (κ3) is 2.22. The van der Waals surface area contributed by atoms with Crippen molar-refractivity contribution in [1.82, 2.24) is 10.2 Å². The van der Waals surface area contributed by atoms with Gasteiger partial charge in [0.2, 0.25) is 11.8 Å². The SMILES string of the molecule is O=C(Nc1nnc(-c2ccc(F)cc2)o1)C1CC1. The van der Waals surface area contributed by atoms with E-state index in [-0.39, 0.29) is 29.5 Å². The van der Waals surface area contributed by atoms with E-state index in [1.807, 2.05) is 0 Å². The van der Waals surface area contributed by atoms with Crippen LogP contribution < -0.4 is 5.32 Å². The van der Waals surface area contributed by atoms with Crippen LogP contribution in [0.15, 0.2) is 28.7 Å². The highest BCUT2D eigenvalue weighted by Crippen LogP contribution is 2.30. The molecule has 1 aliphatic rings. The van der Waals surface area contributed by atoms with Crippen LogP contribution in [0.25, 0.3) is 11.5 Å². The highest BCUT2D eigenvalue weighted by atomic mass is 19.1. The average Bonchev–Trinajstić information content (AvgIpc) is 3.12. The Morgan fingerprint density at radius 3 is 2.67 bits per heavy atom. The second-order valence-corrected chi connectivity index (χ2v) is 4.18. The van der Waals surface area contributed by atoms with Crippen molar-refractivity contribution < 1.29 is 13.6 Å². The molecule has 3 rings (SSSR count). The molecule has 2 aromatic rings. The van der Waals surface area contributed by atoms with Gasteiger partial charge in [0.05, 0.1) is 0 Å². The zero-order chi connectivity index (χ0) is 12.5. The molecule has 1 fully saturated rings. The Hall–Kier alpha value is -2.24. The fraction of sp³-hybridized carbons (Fsp3) is 0.250. The number of nitrogens with one attached hydrogen (secondary N) is 1. The summed E-state index contributed by atoms with van der Waals surface area (Å²) in [5, 5.41) is 10.1. The minimum atomic E-state index is -0.333. The number of halogens is 1. The molecular formula is C12H10FN3O2. The van der Waals surface area contributed by atoms with Gasteiger partial charge in [0.1, 0.15) is 5.82 Å². The van der Waals surface area contributed by atoms with E-state index in [1.54, 1.807) is 0 Å². The van der Waals surface area contributed by atoms with Crippen molar-refractivity contribution in [3.8, 4) is 11.5 Å². The minimum Gasteiger partial charge on any atom is -0.403 e. The summed E-state index contributed by atoms with van der Waals surface area (Å²) in [6, 6.07) is 5.76. The Labute approximate surface area is 102 Å². The Morgan fingerprint density at radius 1 is 1.28 bits per heavy atom. The van der Waals surface area contributed by atoms with E-state index in [0.717, 1.165) is 12.8 Å². The van der Waals surface area contributed by atoms with Gasteiger partial charge in [-0.25, -0.2) is 4.39 Å². The van der Waals surface area contributed by atoms with E-state index in [0.29, 0.717) is 5.56 Å². The van der Waals surface area contributed by atoms with Gasteiger partial charge in [-0.3, -0.25) is 10.1 Å². The number of carbonyl (C=O) groups excluding carboxylic acids is 1. The van der Waals surface area contributed by atoms with E-state index < -0.39 is 0 Å². The molecule has 0 atom stereocenters. The largest absolute Gasteiger partial charge is 0.403 e. The highest BCUT2D eigenvalue weighted by molar-refractivity contribution is 5.92. The molecule has 0 aliphatic heterocycles. The maximum Gasteiger partial charge on any atom is 0.322 e.